The Morgan fingerprint density at radius 1 is 1.03 bits per heavy atom. The standard InChI is InChI=1S/C25H23BrN2O5S/c26-23-15(11-12-34-23)13-27-24(31)21(9-10-22(29)30)28-25(32)33-14-20-18-7-3-1-5-16(18)17-6-2-4-8-19(17)20/h1-8,11-12,20-21H,9-10,13-14H2,(H,27,31)(H,28,32)(H,29,30). The summed E-state index contributed by atoms with van der Waals surface area (Å²) in [5.41, 5.74) is 5.29. The van der Waals surface area contributed by atoms with Gasteiger partial charge in [0, 0.05) is 18.9 Å². The average Bonchev–Trinajstić information content (AvgIpc) is 3.39. The van der Waals surface area contributed by atoms with E-state index in [4.69, 9.17) is 9.84 Å². The van der Waals surface area contributed by atoms with Crippen molar-refractivity contribution in [3.05, 3.63) is 80.5 Å². The number of hydrogen-bond acceptors (Lipinski definition) is 5. The first-order chi connectivity index (χ1) is 16.4. The van der Waals surface area contributed by atoms with E-state index in [0.717, 1.165) is 31.6 Å². The second-order valence-electron chi connectivity index (χ2n) is 7.89. The quantitative estimate of drug-likeness (QED) is 0.356. The Kier molecular flexibility index (Phi) is 7.64. The van der Waals surface area contributed by atoms with Crippen LogP contribution in [0.15, 0.2) is 63.8 Å². The molecule has 9 heteroatoms. The first kappa shape index (κ1) is 24.0. The Morgan fingerprint density at radius 2 is 1.68 bits per heavy atom. The smallest absolute Gasteiger partial charge is 0.407 e. The molecule has 0 fully saturated rings. The molecule has 1 unspecified atom stereocenters. The minimum Gasteiger partial charge on any atom is -0.481 e. The van der Waals surface area contributed by atoms with Gasteiger partial charge in [0.1, 0.15) is 12.6 Å². The summed E-state index contributed by atoms with van der Waals surface area (Å²) in [5, 5.41) is 16.2. The van der Waals surface area contributed by atoms with Gasteiger partial charge in [-0.05, 0) is 61.6 Å². The number of carbonyl (C=O) groups excluding carboxylic acids is 2. The second kappa shape index (κ2) is 10.8. The number of hydrogen-bond donors (Lipinski definition) is 3. The monoisotopic (exact) mass is 542 g/mol. The number of thiophene rings is 1. The van der Waals surface area contributed by atoms with Gasteiger partial charge in [-0.15, -0.1) is 11.3 Å². The maximum atomic E-state index is 12.7. The molecule has 4 rings (SSSR count). The fraction of sp³-hybridized carbons (Fsp3) is 0.240. The average molecular weight is 543 g/mol. The van der Waals surface area contributed by atoms with Gasteiger partial charge in [0.05, 0.1) is 3.79 Å². The van der Waals surface area contributed by atoms with Crippen molar-refractivity contribution in [3.63, 3.8) is 0 Å². The SMILES string of the molecule is O=C(O)CCC(NC(=O)OCC1c2ccccc2-c2ccccc21)C(=O)NCc1ccsc1Br. The Labute approximate surface area is 209 Å². The fourth-order valence-corrected chi connectivity index (χ4v) is 5.31. The molecule has 176 valence electrons. The number of amides is 2. The topological polar surface area (TPSA) is 105 Å². The van der Waals surface area contributed by atoms with E-state index in [2.05, 4.69) is 26.6 Å². The van der Waals surface area contributed by atoms with Gasteiger partial charge in [-0.1, -0.05) is 48.5 Å². The molecular formula is C25H23BrN2O5S. The normalized spacial score (nSPS) is 13.0. The summed E-state index contributed by atoms with van der Waals surface area (Å²) in [6.45, 7) is 0.369. The molecule has 7 nitrogen and oxygen atoms in total. The highest BCUT2D eigenvalue weighted by atomic mass is 79.9. The first-order valence-electron chi connectivity index (χ1n) is 10.8. The summed E-state index contributed by atoms with van der Waals surface area (Å²) in [7, 11) is 0. The molecule has 3 N–H and O–H groups in total. The molecule has 1 aliphatic rings. The van der Waals surface area contributed by atoms with E-state index in [1.54, 1.807) is 0 Å². The molecule has 2 amide bonds. The van der Waals surface area contributed by atoms with Gasteiger partial charge in [-0.3, -0.25) is 9.59 Å². The van der Waals surface area contributed by atoms with E-state index >= 15 is 0 Å². The van der Waals surface area contributed by atoms with E-state index in [9.17, 15) is 14.4 Å². The van der Waals surface area contributed by atoms with Crippen LogP contribution in [-0.2, 0) is 20.9 Å². The minimum absolute atomic E-state index is 0.0455. The number of carboxylic acids is 1. The van der Waals surface area contributed by atoms with E-state index in [0.29, 0.717) is 0 Å². The number of carboxylic acid groups (broad SMARTS) is 1. The van der Waals surface area contributed by atoms with Crippen LogP contribution < -0.4 is 10.6 Å². The summed E-state index contributed by atoms with van der Waals surface area (Å²) in [6, 6.07) is 16.9. The van der Waals surface area contributed by atoms with Crippen molar-refractivity contribution in [3.8, 4) is 11.1 Å². The molecule has 0 saturated heterocycles. The molecule has 3 aromatic rings. The molecule has 34 heavy (non-hydrogen) atoms. The number of fused-ring (bicyclic) bond motifs is 3. The number of ether oxygens (including phenoxy) is 1. The lowest BCUT2D eigenvalue weighted by Crippen LogP contribution is -2.47. The number of carbonyl (C=O) groups is 3. The fourth-order valence-electron chi connectivity index (χ4n) is 4.07. The Bertz CT molecular complexity index is 1170. The number of aliphatic carboxylic acids is 1. The number of benzene rings is 2. The van der Waals surface area contributed by atoms with Crippen LogP contribution in [0.4, 0.5) is 4.79 Å². The highest BCUT2D eigenvalue weighted by Crippen LogP contribution is 2.44. The summed E-state index contributed by atoms with van der Waals surface area (Å²) < 4.78 is 6.42. The van der Waals surface area contributed by atoms with E-state index in [1.165, 1.54) is 11.3 Å². The zero-order valence-corrected chi connectivity index (χ0v) is 20.5. The number of rotatable bonds is 9. The van der Waals surface area contributed by atoms with E-state index in [-0.39, 0.29) is 31.9 Å². The molecule has 1 heterocycles. The van der Waals surface area contributed by atoms with Crippen molar-refractivity contribution >= 4 is 45.2 Å². The van der Waals surface area contributed by atoms with Crippen molar-refractivity contribution in [2.75, 3.05) is 6.61 Å². The van der Waals surface area contributed by atoms with Crippen LogP contribution in [0.1, 0.15) is 35.4 Å². The zero-order valence-electron chi connectivity index (χ0n) is 18.1. The maximum absolute atomic E-state index is 12.7. The van der Waals surface area contributed by atoms with Gasteiger partial charge in [-0.2, -0.15) is 0 Å². The minimum atomic E-state index is -1.05. The van der Waals surface area contributed by atoms with Crippen molar-refractivity contribution in [2.45, 2.75) is 31.3 Å². The Hall–Kier alpha value is -3.17. The van der Waals surface area contributed by atoms with Crippen LogP contribution >= 0.6 is 27.3 Å². The van der Waals surface area contributed by atoms with Gasteiger partial charge in [0.2, 0.25) is 5.91 Å². The lowest BCUT2D eigenvalue weighted by molar-refractivity contribution is -0.137. The van der Waals surface area contributed by atoms with Gasteiger partial charge in [0.25, 0.3) is 0 Å². The predicted molar refractivity (Wildman–Crippen MR) is 133 cm³/mol. The Balaban J connectivity index is 1.39. The molecular weight excluding hydrogens is 520 g/mol. The molecule has 0 aliphatic heterocycles. The molecule has 0 bridgehead atoms. The molecule has 0 spiro atoms. The lowest BCUT2D eigenvalue weighted by Gasteiger charge is -2.19. The molecule has 0 saturated carbocycles. The van der Waals surface area contributed by atoms with Gasteiger partial charge < -0.3 is 20.5 Å². The number of nitrogens with one attached hydrogen (secondary N) is 2. The molecule has 2 aromatic carbocycles. The van der Waals surface area contributed by atoms with Crippen LogP contribution in [0.25, 0.3) is 11.1 Å². The summed E-state index contributed by atoms with van der Waals surface area (Å²) in [4.78, 5) is 36.4. The zero-order chi connectivity index (χ0) is 24.1. The molecule has 1 aliphatic carbocycles. The molecule has 1 aromatic heterocycles. The first-order valence-corrected chi connectivity index (χ1v) is 12.4. The largest absolute Gasteiger partial charge is 0.481 e. The molecule has 1 atom stereocenters. The summed E-state index contributed by atoms with van der Waals surface area (Å²) in [6.07, 6.45) is -1.07. The van der Waals surface area contributed by atoms with Gasteiger partial charge in [0.15, 0.2) is 0 Å². The second-order valence-corrected chi connectivity index (χ2v) is 10.1. The van der Waals surface area contributed by atoms with Crippen LogP contribution in [-0.4, -0.2) is 35.7 Å². The number of halogens is 1. The Morgan fingerprint density at radius 3 is 2.26 bits per heavy atom. The van der Waals surface area contributed by atoms with Crippen LogP contribution in [0.3, 0.4) is 0 Å². The van der Waals surface area contributed by atoms with Crippen molar-refractivity contribution in [1.82, 2.24) is 10.6 Å². The van der Waals surface area contributed by atoms with Crippen LogP contribution in [0, 0.1) is 0 Å². The van der Waals surface area contributed by atoms with Crippen molar-refractivity contribution in [2.24, 2.45) is 0 Å². The van der Waals surface area contributed by atoms with Crippen molar-refractivity contribution in [1.29, 1.82) is 0 Å². The summed E-state index contributed by atoms with van der Waals surface area (Å²) >= 11 is 4.92. The highest BCUT2D eigenvalue weighted by Gasteiger charge is 2.30. The summed E-state index contributed by atoms with van der Waals surface area (Å²) in [5.74, 6) is -1.62. The van der Waals surface area contributed by atoms with Crippen molar-refractivity contribution < 1.29 is 24.2 Å². The third-order valence-corrected chi connectivity index (χ3v) is 7.56. The third kappa shape index (κ3) is 5.48. The highest BCUT2D eigenvalue weighted by molar-refractivity contribution is 9.11. The lowest BCUT2D eigenvalue weighted by atomic mass is 9.98. The van der Waals surface area contributed by atoms with E-state index < -0.39 is 24.0 Å². The number of alkyl carbamates (subject to hydrolysis) is 1. The van der Waals surface area contributed by atoms with Crippen LogP contribution in [0.5, 0.6) is 0 Å². The molecule has 0 radical (unpaired) electrons. The van der Waals surface area contributed by atoms with Gasteiger partial charge in [-0.25, -0.2) is 4.79 Å². The van der Waals surface area contributed by atoms with Gasteiger partial charge >= 0.3 is 12.1 Å². The third-order valence-electron chi connectivity index (χ3n) is 5.75. The maximum Gasteiger partial charge on any atom is 0.407 e. The van der Waals surface area contributed by atoms with Crippen LogP contribution in [0.2, 0.25) is 0 Å². The predicted octanol–water partition coefficient (Wildman–Crippen LogP) is 4.90. The van der Waals surface area contributed by atoms with E-state index in [1.807, 2.05) is 60.0 Å².